The number of fused-ring (bicyclic) bond motifs is 2. The van der Waals surface area contributed by atoms with Gasteiger partial charge in [0.1, 0.15) is 11.7 Å². The fourth-order valence-corrected chi connectivity index (χ4v) is 9.19. The van der Waals surface area contributed by atoms with Crippen LogP contribution in [0.3, 0.4) is 0 Å². The summed E-state index contributed by atoms with van der Waals surface area (Å²) in [4.78, 5) is 57.7. The first-order chi connectivity index (χ1) is 19.8. The largest absolute Gasteiger partial charge is 0.505 e. The van der Waals surface area contributed by atoms with Crippen molar-refractivity contribution in [2.75, 3.05) is 33.0 Å². The summed E-state index contributed by atoms with van der Waals surface area (Å²) in [5, 5.41) is 14.0. The highest BCUT2D eigenvalue weighted by atomic mass is 19.1. The highest BCUT2D eigenvalue weighted by molar-refractivity contribution is 6.16. The Kier molecular flexibility index (Phi) is 6.70. The number of rotatable bonds is 6. The van der Waals surface area contributed by atoms with Crippen LogP contribution in [0.4, 0.5) is 10.1 Å². The number of primary amides is 1. The second kappa shape index (κ2) is 9.71. The lowest BCUT2D eigenvalue weighted by Gasteiger charge is -2.51. The third kappa shape index (κ3) is 3.80. The standard InChI is InChI=1S/C32H41FN4O5/c1-6-8-17-24(29(34)41)28(40)25(36(3)4)18-12-15-11-16-20(33)13-21(35-30(42)31(2)9-7-10-37(31)5)26(38)23(16)27(39)22(15)19-14-32(17,18)19/h13,15,17-18,24-25,38H,6-12,14H2,1-5H3,(H2,34,41)(H,35,42). The summed E-state index contributed by atoms with van der Waals surface area (Å²) < 4.78 is 15.7. The van der Waals surface area contributed by atoms with Crippen LogP contribution in [0.25, 0.3) is 0 Å². The highest BCUT2D eigenvalue weighted by Gasteiger charge is 2.71. The average Bonchev–Trinajstić information content (AvgIpc) is 3.57. The third-order valence-corrected chi connectivity index (χ3v) is 11.4. The molecule has 1 aromatic carbocycles. The van der Waals surface area contributed by atoms with Gasteiger partial charge in [-0.15, -0.1) is 0 Å². The number of hydrogen-bond acceptors (Lipinski definition) is 7. The second-order valence-electron chi connectivity index (χ2n) is 13.6. The fourth-order valence-electron chi connectivity index (χ4n) is 9.19. The Labute approximate surface area is 245 Å². The first-order valence-electron chi connectivity index (χ1n) is 15.1. The number of phenols is 1. The van der Waals surface area contributed by atoms with Gasteiger partial charge in [-0.1, -0.05) is 18.9 Å². The normalized spacial score (nSPS) is 35.5. The van der Waals surface area contributed by atoms with Crippen LogP contribution in [0.2, 0.25) is 0 Å². The Morgan fingerprint density at radius 1 is 1.29 bits per heavy atom. The lowest BCUT2D eigenvalue weighted by Crippen LogP contribution is -2.60. The van der Waals surface area contributed by atoms with Gasteiger partial charge in [0.05, 0.1) is 22.8 Å². The lowest BCUT2D eigenvalue weighted by atomic mass is 9.54. The van der Waals surface area contributed by atoms with Crippen molar-refractivity contribution in [3.63, 3.8) is 0 Å². The van der Waals surface area contributed by atoms with E-state index in [0.717, 1.165) is 31.0 Å². The maximum atomic E-state index is 15.7. The Bertz CT molecular complexity index is 1450. The Hall–Kier alpha value is -3.11. The number of likely N-dealkylation sites (tertiary alicyclic amines) is 1. The Balaban J connectivity index is 1.43. The number of benzene rings is 1. The Morgan fingerprint density at radius 3 is 2.60 bits per heavy atom. The SMILES string of the molecule is CCCC1C(C(N)=O)C(=O)C(N(C)C)C2CC3Cc4c(F)cc(NC(=O)C5(C)CCCN5C)c(O)c4C(=O)C3=C3CC312. The van der Waals surface area contributed by atoms with Crippen molar-refractivity contribution >= 4 is 29.1 Å². The van der Waals surface area contributed by atoms with Gasteiger partial charge in [-0.2, -0.15) is 0 Å². The molecule has 0 radical (unpaired) electrons. The molecule has 7 unspecified atom stereocenters. The predicted molar refractivity (Wildman–Crippen MR) is 154 cm³/mol. The highest BCUT2D eigenvalue weighted by Crippen LogP contribution is 2.74. The van der Waals surface area contributed by atoms with Gasteiger partial charge >= 0.3 is 0 Å². The molecule has 1 aliphatic heterocycles. The maximum absolute atomic E-state index is 15.7. The molecule has 226 valence electrons. The number of carbonyl (C=O) groups excluding carboxylic acids is 4. The number of nitrogens with one attached hydrogen (secondary N) is 1. The van der Waals surface area contributed by atoms with Gasteiger partial charge in [0.15, 0.2) is 17.3 Å². The van der Waals surface area contributed by atoms with E-state index < -0.39 is 46.2 Å². The summed E-state index contributed by atoms with van der Waals surface area (Å²) in [6.45, 7) is 4.58. The van der Waals surface area contributed by atoms with Gasteiger partial charge in [-0.25, -0.2) is 4.39 Å². The lowest BCUT2D eigenvalue weighted by molar-refractivity contribution is -0.148. The molecular weight excluding hydrogens is 539 g/mol. The molecule has 9 nitrogen and oxygen atoms in total. The number of allylic oxidation sites excluding steroid dienone is 2. The molecule has 1 heterocycles. The summed E-state index contributed by atoms with van der Waals surface area (Å²) in [5.74, 6) is -4.28. The molecule has 10 heteroatoms. The van der Waals surface area contributed by atoms with Gasteiger partial charge in [-0.3, -0.25) is 29.0 Å². The zero-order valence-electron chi connectivity index (χ0n) is 25.1. The van der Waals surface area contributed by atoms with Crippen LogP contribution in [0.15, 0.2) is 17.2 Å². The molecule has 3 fully saturated rings. The van der Waals surface area contributed by atoms with E-state index in [1.54, 1.807) is 0 Å². The topological polar surface area (TPSA) is 133 Å². The minimum atomic E-state index is -0.933. The number of nitrogens with zero attached hydrogens (tertiary/aromatic N) is 2. The van der Waals surface area contributed by atoms with Gasteiger partial charge in [0, 0.05) is 22.6 Å². The van der Waals surface area contributed by atoms with Crippen molar-refractivity contribution in [2.45, 2.75) is 70.4 Å². The van der Waals surface area contributed by atoms with Crippen molar-refractivity contribution < 1.29 is 28.7 Å². The first kappa shape index (κ1) is 29.0. The second-order valence-corrected chi connectivity index (χ2v) is 13.6. The number of phenolic OH excluding ortho intramolecular Hbond substituents is 1. The molecule has 1 spiro atoms. The number of likely N-dealkylation sites (N-methyl/N-ethyl adjacent to an activating group) is 2. The molecule has 6 rings (SSSR count). The average molecular weight is 581 g/mol. The summed E-state index contributed by atoms with van der Waals surface area (Å²) >= 11 is 0. The molecule has 2 amide bonds. The van der Waals surface area contributed by atoms with Gasteiger partial charge in [-0.05, 0) is 90.9 Å². The molecule has 42 heavy (non-hydrogen) atoms. The number of ketones is 2. The molecule has 4 aliphatic carbocycles. The number of carbonyl (C=O) groups is 4. The van der Waals surface area contributed by atoms with Gasteiger partial charge < -0.3 is 16.2 Å². The van der Waals surface area contributed by atoms with Crippen LogP contribution >= 0.6 is 0 Å². The molecular formula is C32H41FN4O5. The van der Waals surface area contributed by atoms with Crippen LogP contribution in [0.5, 0.6) is 5.75 Å². The van der Waals surface area contributed by atoms with Crippen molar-refractivity contribution in [1.82, 2.24) is 9.80 Å². The summed E-state index contributed by atoms with van der Waals surface area (Å²) in [5.41, 5.74) is 5.99. The van der Waals surface area contributed by atoms with Crippen LogP contribution in [0, 0.1) is 34.9 Å². The number of aromatic hydroxyl groups is 1. The van der Waals surface area contributed by atoms with E-state index >= 15 is 4.39 Å². The first-order valence-corrected chi connectivity index (χ1v) is 15.1. The Morgan fingerprint density at radius 2 is 2.00 bits per heavy atom. The quantitative estimate of drug-likeness (QED) is 0.348. The summed E-state index contributed by atoms with van der Waals surface area (Å²) in [7, 11) is 5.51. The molecule has 7 atom stereocenters. The molecule has 0 aromatic heterocycles. The van der Waals surface area contributed by atoms with Crippen molar-refractivity contribution in [3.05, 3.63) is 34.2 Å². The number of Topliss-reactive ketones (excluding diaryl/α,β-unsaturated/α-hetero) is 2. The van der Waals surface area contributed by atoms with E-state index in [4.69, 9.17) is 5.73 Å². The maximum Gasteiger partial charge on any atom is 0.244 e. The molecule has 5 aliphatic rings. The van der Waals surface area contributed by atoms with Gasteiger partial charge in [0.2, 0.25) is 11.8 Å². The number of anilines is 1. The zero-order chi connectivity index (χ0) is 30.5. The minimum Gasteiger partial charge on any atom is -0.505 e. The molecule has 4 N–H and O–H groups in total. The van der Waals surface area contributed by atoms with Crippen molar-refractivity contribution in [3.8, 4) is 5.75 Å². The van der Waals surface area contributed by atoms with E-state index in [2.05, 4.69) is 5.32 Å². The van der Waals surface area contributed by atoms with Crippen molar-refractivity contribution in [2.24, 2.45) is 34.8 Å². The number of nitrogens with two attached hydrogens (primary N) is 1. The zero-order valence-corrected chi connectivity index (χ0v) is 25.1. The summed E-state index contributed by atoms with van der Waals surface area (Å²) in [6.07, 6.45) is 4.17. The van der Waals surface area contributed by atoms with Crippen LogP contribution < -0.4 is 11.1 Å². The van der Waals surface area contributed by atoms with Crippen molar-refractivity contribution in [1.29, 1.82) is 0 Å². The van der Waals surface area contributed by atoms with Crippen LogP contribution in [-0.2, 0) is 20.8 Å². The fraction of sp³-hybridized carbons (Fsp3) is 0.625. The number of hydrogen-bond donors (Lipinski definition) is 3. The van der Waals surface area contributed by atoms with Crippen LogP contribution in [0.1, 0.15) is 68.3 Å². The molecule has 1 aromatic rings. The number of halogens is 1. The predicted octanol–water partition coefficient (Wildman–Crippen LogP) is 3.05. The van der Waals surface area contributed by atoms with E-state index in [-0.39, 0.29) is 52.7 Å². The third-order valence-electron chi connectivity index (χ3n) is 11.4. The molecule has 2 saturated carbocycles. The van der Waals surface area contributed by atoms with E-state index in [1.807, 2.05) is 44.8 Å². The summed E-state index contributed by atoms with van der Waals surface area (Å²) in [6, 6.07) is 0.582. The van der Waals surface area contributed by atoms with E-state index in [0.29, 0.717) is 31.3 Å². The molecule has 1 saturated heterocycles. The van der Waals surface area contributed by atoms with Gasteiger partial charge in [0.25, 0.3) is 0 Å². The molecule has 0 bridgehead atoms. The smallest absolute Gasteiger partial charge is 0.244 e. The number of amides is 2. The minimum absolute atomic E-state index is 0.0935. The van der Waals surface area contributed by atoms with Crippen LogP contribution in [-0.4, -0.2) is 77.6 Å². The van der Waals surface area contributed by atoms with E-state index in [9.17, 15) is 24.3 Å². The van der Waals surface area contributed by atoms with E-state index in [1.165, 1.54) is 0 Å². The monoisotopic (exact) mass is 580 g/mol.